The van der Waals surface area contributed by atoms with E-state index in [-0.39, 0.29) is 0 Å². The lowest BCUT2D eigenvalue weighted by atomic mass is 9.99. The van der Waals surface area contributed by atoms with Gasteiger partial charge in [0.05, 0.1) is 5.56 Å². The van der Waals surface area contributed by atoms with Crippen LogP contribution >= 0.6 is 0 Å². The zero-order valence-electron chi connectivity index (χ0n) is 24.6. The van der Waals surface area contributed by atoms with E-state index in [1.165, 1.54) is 0 Å². The minimum atomic E-state index is 0.550. The van der Waals surface area contributed by atoms with Crippen molar-refractivity contribution in [3.63, 3.8) is 0 Å². The first-order chi connectivity index (χ1) is 22.8. The van der Waals surface area contributed by atoms with E-state index < -0.39 is 0 Å². The minimum Gasteiger partial charge on any atom is -0.456 e. The van der Waals surface area contributed by atoms with E-state index in [1.807, 2.05) is 103 Å². The van der Waals surface area contributed by atoms with Crippen molar-refractivity contribution in [3.05, 3.63) is 152 Å². The molecule has 9 rings (SSSR count). The molecule has 6 aromatic carbocycles. The number of fused-ring (bicyclic) bond motifs is 4. The predicted molar refractivity (Wildman–Crippen MR) is 184 cm³/mol. The zero-order valence-corrected chi connectivity index (χ0v) is 24.6. The highest BCUT2D eigenvalue weighted by Gasteiger charge is 2.19. The molecule has 0 saturated carbocycles. The average Bonchev–Trinajstić information content (AvgIpc) is 3.74. The summed E-state index contributed by atoms with van der Waals surface area (Å²) in [4.78, 5) is 15.2. The van der Waals surface area contributed by atoms with E-state index in [0.29, 0.717) is 17.5 Å². The van der Waals surface area contributed by atoms with Crippen molar-refractivity contribution >= 4 is 32.9 Å². The van der Waals surface area contributed by atoms with E-state index in [2.05, 4.69) is 48.5 Å². The van der Waals surface area contributed by atoms with Gasteiger partial charge in [-0.15, -0.1) is 0 Å². The third kappa shape index (κ3) is 4.45. The van der Waals surface area contributed by atoms with Gasteiger partial charge < -0.3 is 8.83 Å². The van der Waals surface area contributed by atoms with Crippen molar-refractivity contribution in [1.29, 1.82) is 0 Å². The standard InChI is InChI=1S/C41H25N3O2/c1-2-11-26(12-3-1)30-14-5-6-16-33(30)40-42-39(28-23-21-27(22-24-28)37-25-29-13-4-8-19-35(29)45-37)43-41(44-40)34-18-10-17-32-31-15-7-9-20-36(31)46-38(32)34/h1-25H. The molecule has 0 aliphatic rings. The van der Waals surface area contributed by atoms with Crippen LogP contribution in [0.1, 0.15) is 0 Å². The summed E-state index contributed by atoms with van der Waals surface area (Å²) in [6.45, 7) is 0. The molecule has 0 aliphatic heterocycles. The summed E-state index contributed by atoms with van der Waals surface area (Å²) in [6.07, 6.45) is 0. The smallest absolute Gasteiger partial charge is 0.167 e. The van der Waals surface area contributed by atoms with Crippen LogP contribution in [0.4, 0.5) is 0 Å². The Morgan fingerprint density at radius 3 is 1.80 bits per heavy atom. The second-order valence-electron chi connectivity index (χ2n) is 11.2. The topological polar surface area (TPSA) is 65.0 Å². The number of para-hydroxylation sites is 3. The molecule has 0 unspecified atom stereocenters. The summed E-state index contributed by atoms with van der Waals surface area (Å²) >= 11 is 0. The van der Waals surface area contributed by atoms with Crippen molar-refractivity contribution in [3.8, 4) is 56.6 Å². The lowest BCUT2D eigenvalue weighted by Gasteiger charge is -2.12. The Morgan fingerprint density at radius 1 is 0.370 bits per heavy atom. The molecular formula is C41H25N3O2. The molecule has 3 heterocycles. The predicted octanol–water partition coefficient (Wildman–Crippen LogP) is 10.9. The molecule has 46 heavy (non-hydrogen) atoms. The molecule has 0 radical (unpaired) electrons. The van der Waals surface area contributed by atoms with Crippen LogP contribution in [0.25, 0.3) is 89.5 Å². The van der Waals surface area contributed by atoms with Gasteiger partial charge in [-0.05, 0) is 35.4 Å². The van der Waals surface area contributed by atoms with Gasteiger partial charge in [-0.3, -0.25) is 0 Å². The monoisotopic (exact) mass is 591 g/mol. The van der Waals surface area contributed by atoms with Crippen molar-refractivity contribution < 1.29 is 8.83 Å². The Labute approximate surface area is 264 Å². The second-order valence-corrected chi connectivity index (χ2v) is 11.2. The highest BCUT2D eigenvalue weighted by molar-refractivity contribution is 6.09. The Balaban J connectivity index is 1.23. The second kappa shape index (κ2) is 10.7. The largest absolute Gasteiger partial charge is 0.456 e. The van der Waals surface area contributed by atoms with E-state index >= 15 is 0 Å². The van der Waals surface area contributed by atoms with Gasteiger partial charge in [0.15, 0.2) is 17.5 Å². The maximum Gasteiger partial charge on any atom is 0.167 e. The van der Waals surface area contributed by atoms with Gasteiger partial charge in [0.2, 0.25) is 0 Å². The van der Waals surface area contributed by atoms with Crippen molar-refractivity contribution in [1.82, 2.24) is 15.0 Å². The summed E-state index contributed by atoms with van der Waals surface area (Å²) in [5, 5.41) is 3.16. The first-order valence-electron chi connectivity index (χ1n) is 15.2. The zero-order chi connectivity index (χ0) is 30.5. The lowest BCUT2D eigenvalue weighted by molar-refractivity contribution is 0.631. The summed E-state index contributed by atoms with van der Waals surface area (Å²) in [6, 6.07) is 51.0. The molecular weight excluding hydrogens is 566 g/mol. The number of hydrogen-bond donors (Lipinski definition) is 0. The normalized spacial score (nSPS) is 11.5. The molecule has 0 atom stereocenters. The average molecular weight is 592 g/mol. The highest BCUT2D eigenvalue weighted by atomic mass is 16.3. The van der Waals surface area contributed by atoms with E-state index in [9.17, 15) is 0 Å². The fourth-order valence-electron chi connectivity index (χ4n) is 6.12. The van der Waals surface area contributed by atoms with Crippen LogP contribution in [0.15, 0.2) is 160 Å². The Kier molecular flexibility index (Phi) is 6.06. The molecule has 0 amide bonds. The fourth-order valence-corrected chi connectivity index (χ4v) is 6.12. The summed E-state index contributed by atoms with van der Waals surface area (Å²) in [5.41, 5.74) is 8.19. The maximum absolute atomic E-state index is 6.40. The molecule has 5 nitrogen and oxygen atoms in total. The molecule has 3 aromatic heterocycles. The van der Waals surface area contributed by atoms with Crippen LogP contribution in [-0.2, 0) is 0 Å². The van der Waals surface area contributed by atoms with Gasteiger partial charge in [0.25, 0.3) is 0 Å². The summed E-state index contributed by atoms with van der Waals surface area (Å²) in [5.74, 6) is 2.54. The number of nitrogens with zero attached hydrogens (tertiary/aromatic N) is 3. The number of benzene rings is 6. The Bertz CT molecular complexity index is 2500. The molecule has 0 saturated heterocycles. The molecule has 0 spiro atoms. The first kappa shape index (κ1) is 26.1. The van der Waals surface area contributed by atoms with Crippen molar-refractivity contribution in [2.45, 2.75) is 0 Å². The van der Waals surface area contributed by atoms with E-state index in [0.717, 1.165) is 72.0 Å². The van der Waals surface area contributed by atoms with Crippen LogP contribution in [0.2, 0.25) is 0 Å². The van der Waals surface area contributed by atoms with Crippen molar-refractivity contribution in [2.75, 3.05) is 0 Å². The third-order valence-electron chi connectivity index (χ3n) is 8.39. The molecule has 0 aliphatic carbocycles. The summed E-state index contributed by atoms with van der Waals surface area (Å²) < 4.78 is 12.5. The molecule has 0 bridgehead atoms. The Morgan fingerprint density at radius 2 is 0.978 bits per heavy atom. The van der Waals surface area contributed by atoms with Crippen LogP contribution in [-0.4, -0.2) is 15.0 Å². The van der Waals surface area contributed by atoms with Gasteiger partial charge in [0, 0.05) is 32.8 Å². The molecule has 0 N–H and O–H groups in total. The number of rotatable bonds is 5. The van der Waals surface area contributed by atoms with Crippen LogP contribution in [0, 0.1) is 0 Å². The SMILES string of the molecule is c1ccc(-c2ccccc2-c2nc(-c3ccc(-c4cc5ccccc5o4)cc3)nc(-c3cccc4c3oc3ccccc34)n2)cc1. The van der Waals surface area contributed by atoms with Gasteiger partial charge in [0.1, 0.15) is 22.5 Å². The quantitative estimate of drug-likeness (QED) is 0.199. The fraction of sp³-hybridized carbons (Fsp3) is 0. The van der Waals surface area contributed by atoms with E-state index in [4.69, 9.17) is 23.8 Å². The summed E-state index contributed by atoms with van der Waals surface area (Å²) in [7, 11) is 0. The third-order valence-corrected chi connectivity index (χ3v) is 8.39. The highest BCUT2D eigenvalue weighted by Crippen LogP contribution is 2.37. The van der Waals surface area contributed by atoms with Gasteiger partial charge in [-0.1, -0.05) is 127 Å². The number of aromatic nitrogens is 3. The maximum atomic E-state index is 6.40. The molecule has 5 heteroatoms. The van der Waals surface area contributed by atoms with Gasteiger partial charge >= 0.3 is 0 Å². The van der Waals surface area contributed by atoms with Crippen LogP contribution in [0.3, 0.4) is 0 Å². The molecule has 0 fully saturated rings. The Hall–Kier alpha value is -6.33. The molecule has 216 valence electrons. The van der Waals surface area contributed by atoms with Crippen LogP contribution < -0.4 is 0 Å². The lowest BCUT2D eigenvalue weighted by Crippen LogP contribution is -2.01. The van der Waals surface area contributed by atoms with Crippen LogP contribution in [0.5, 0.6) is 0 Å². The van der Waals surface area contributed by atoms with Crippen molar-refractivity contribution in [2.24, 2.45) is 0 Å². The van der Waals surface area contributed by atoms with Gasteiger partial charge in [-0.25, -0.2) is 15.0 Å². The number of furan rings is 2. The van der Waals surface area contributed by atoms with Gasteiger partial charge in [-0.2, -0.15) is 0 Å². The molecule has 9 aromatic rings. The minimum absolute atomic E-state index is 0.550. The first-order valence-corrected chi connectivity index (χ1v) is 15.2. The number of hydrogen-bond acceptors (Lipinski definition) is 5. The van der Waals surface area contributed by atoms with E-state index in [1.54, 1.807) is 0 Å².